The van der Waals surface area contributed by atoms with Crippen LogP contribution in [0.25, 0.3) is 10.9 Å². The molecule has 0 spiro atoms. The van der Waals surface area contributed by atoms with Gasteiger partial charge in [0.15, 0.2) is 0 Å². The predicted octanol–water partition coefficient (Wildman–Crippen LogP) is 3.81. The van der Waals surface area contributed by atoms with Crippen LogP contribution in [0.15, 0.2) is 67.1 Å². The molecule has 1 aliphatic rings. The zero-order valence-electron chi connectivity index (χ0n) is 14.8. The van der Waals surface area contributed by atoms with Crippen molar-refractivity contribution in [2.75, 3.05) is 6.54 Å². The molecule has 27 heavy (non-hydrogen) atoms. The number of hydrogen-bond donors (Lipinski definition) is 2. The highest BCUT2D eigenvalue weighted by Crippen LogP contribution is 2.33. The fourth-order valence-corrected chi connectivity index (χ4v) is 4.05. The van der Waals surface area contributed by atoms with Gasteiger partial charge in [-0.2, -0.15) is 0 Å². The van der Waals surface area contributed by atoms with E-state index in [-0.39, 0.29) is 5.92 Å². The smallest absolute Gasteiger partial charge is 0.115 e. The van der Waals surface area contributed by atoms with E-state index in [1.807, 2.05) is 24.4 Å². The van der Waals surface area contributed by atoms with Crippen molar-refractivity contribution in [3.8, 4) is 5.75 Å². The molecule has 0 fully saturated rings. The third-order valence-corrected chi connectivity index (χ3v) is 5.29. The molecule has 2 N–H and O–H groups in total. The van der Waals surface area contributed by atoms with Crippen molar-refractivity contribution in [2.24, 2.45) is 0 Å². The quantitative estimate of drug-likeness (QED) is 0.586. The lowest BCUT2D eigenvalue weighted by Crippen LogP contribution is -2.34. The number of aromatic nitrogens is 3. The van der Waals surface area contributed by atoms with Crippen LogP contribution in [0.5, 0.6) is 5.75 Å². The number of para-hydroxylation sites is 1. The highest BCUT2D eigenvalue weighted by atomic mass is 16.3. The lowest BCUT2D eigenvalue weighted by molar-refractivity contribution is 0.228. The van der Waals surface area contributed by atoms with Gasteiger partial charge >= 0.3 is 0 Å². The van der Waals surface area contributed by atoms with Crippen LogP contribution < -0.4 is 0 Å². The Hall–Kier alpha value is -3.18. The number of benzene rings is 2. The summed E-state index contributed by atoms with van der Waals surface area (Å²) in [5, 5.41) is 11.1. The molecule has 134 valence electrons. The van der Waals surface area contributed by atoms with Gasteiger partial charge in [-0.1, -0.05) is 36.4 Å². The first-order valence-electron chi connectivity index (χ1n) is 9.14. The van der Waals surface area contributed by atoms with Gasteiger partial charge in [0.1, 0.15) is 5.75 Å². The molecule has 2 aromatic heterocycles. The van der Waals surface area contributed by atoms with E-state index < -0.39 is 0 Å². The molecule has 1 unspecified atom stereocenters. The van der Waals surface area contributed by atoms with Crippen LogP contribution in [0, 0.1) is 0 Å². The predicted molar refractivity (Wildman–Crippen MR) is 104 cm³/mol. The van der Waals surface area contributed by atoms with Crippen molar-refractivity contribution < 1.29 is 5.11 Å². The molecule has 0 amide bonds. The van der Waals surface area contributed by atoms with E-state index in [0.29, 0.717) is 5.75 Å². The van der Waals surface area contributed by atoms with Gasteiger partial charge in [0.05, 0.1) is 23.2 Å². The minimum atomic E-state index is 0.134. The average Bonchev–Trinajstić information content (AvgIpc) is 3.16. The van der Waals surface area contributed by atoms with E-state index in [1.54, 1.807) is 12.4 Å². The number of nitrogens with zero attached hydrogens (tertiary/aromatic N) is 3. The first-order chi connectivity index (χ1) is 13.3. The molecule has 0 bridgehead atoms. The van der Waals surface area contributed by atoms with Gasteiger partial charge in [-0.15, -0.1) is 0 Å². The summed E-state index contributed by atoms with van der Waals surface area (Å²) in [6.07, 6.45) is 3.62. The topological polar surface area (TPSA) is 65.0 Å². The standard InChI is InChI=1S/C22H20N4O/c27-18-8-2-5-16(10-18)19-12-26(13-20-22(19)25-14-24-20)11-17-6-1-4-15-7-3-9-23-21(15)17/h1-10,14,19,27H,11-13H2,(H,24,25). The van der Waals surface area contributed by atoms with Crippen molar-refractivity contribution in [1.82, 2.24) is 19.9 Å². The molecule has 4 aromatic rings. The van der Waals surface area contributed by atoms with Crippen LogP contribution in [0.1, 0.15) is 28.4 Å². The van der Waals surface area contributed by atoms with Gasteiger partial charge in [-0.25, -0.2) is 4.98 Å². The van der Waals surface area contributed by atoms with Gasteiger partial charge in [-0.3, -0.25) is 9.88 Å². The number of aromatic amines is 1. The summed E-state index contributed by atoms with van der Waals surface area (Å²) in [5.41, 5.74) is 5.59. The monoisotopic (exact) mass is 356 g/mol. The number of aromatic hydroxyl groups is 1. The van der Waals surface area contributed by atoms with Crippen LogP contribution in [-0.4, -0.2) is 31.5 Å². The van der Waals surface area contributed by atoms with E-state index in [9.17, 15) is 5.11 Å². The normalized spacial score (nSPS) is 17.1. The lowest BCUT2D eigenvalue weighted by Gasteiger charge is -2.32. The Bertz CT molecular complexity index is 1100. The summed E-state index contributed by atoms with van der Waals surface area (Å²) in [7, 11) is 0. The van der Waals surface area contributed by atoms with Crippen LogP contribution in [0.2, 0.25) is 0 Å². The Morgan fingerprint density at radius 1 is 1.07 bits per heavy atom. The Balaban J connectivity index is 1.49. The van der Waals surface area contributed by atoms with Gasteiger partial charge < -0.3 is 10.1 Å². The molecule has 1 aliphatic heterocycles. The Kier molecular flexibility index (Phi) is 3.87. The molecule has 5 rings (SSSR count). The molecule has 0 saturated heterocycles. The molecular formula is C22H20N4O. The summed E-state index contributed by atoms with van der Waals surface area (Å²) >= 11 is 0. The number of fused-ring (bicyclic) bond motifs is 2. The molecule has 0 radical (unpaired) electrons. The van der Waals surface area contributed by atoms with Crippen molar-refractivity contribution in [2.45, 2.75) is 19.0 Å². The number of nitrogens with one attached hydrogen (secondary N) is 1. The molecule has 0 saturated carbocycles. The van der Waals surface area contributed by atoms with E-state index in [0.717, 1.165) is 42.1 Å². The van der Waals surface area contributed by atoms with E-state index in [2.05, 4.69) is 50.2 Å². The van der Waals surface area contributed by atoms with Crippen LogP contribution >= 0.6 is 0 Å². The largest absolute Gasteiger partial charge is 0.508 e. The molecule has 0 aliphatic carbocycles. The number of phenols is 1. The number of pyridine rings is 1. The number of phenolic OH excluding ortho intramolecular Hbond substituents is 1. The maximum absolute atomic E-state index is 9.91. The molecule has 5 nitrogen and oxygen atoms in total. The number of imidazole rings is 1. The minimum Gasteiger partial charge on any atom is -0.508 e. The van der Waals surface area contributed by atoms with E-state index >= 15 is 0 Å². The third kappa shape index (κ3) is 2.96. The maximum atomic E-state index is 9.91. The molecule has 3 heterocycles. The highest BCUT2D eigenvalue weighted by molar-refractivity contribution is 5.81. The van der Waals surface area contributed by atoms with Gasteiger partial charge in [0.25, 0.3) is 0 Å². The summed E-state index contributed by atoms with van der Waals surface area (Å²) in [6.45, 7) is 2.50. The maximum Gasteiger partial charge on any atom is 0.115 e. The second-order valence-corrected chi connectivity index (χ2v) is 7.08. The average molecular weight is 356 g/mol. The summed E-state index contributed by atoms with van der Waals surface area (Å²) in [4.78, 5) is 14.9. The zero-order chi connectivity index (χ0) is 18.2. The van der Waals surface area contributed by atoms with Crippen molar-refractivity contribution >= 4 is 10.9 Å². The Labute approximate surface area is 157 Å². The number of H-pyrrole nitrogens is 1. The fraction of sp³-hybridized carbons (Fsp3) is 0.182. The van der Waals surface area contributed by atoms with Crippen LogP contribution in [-0.2, 0) is 13.1 Å². The second-order valence-electron chi connectivity index (χ2n) is 7.08. The molecule has 2 aromatic carbocycles. The first kappa shape index (κ1) is 16.0. The zero-order valence-corrected chi connectivity index (χ0v) is 14.8. The molecule has 5 heteroatoms. The summed E-state index contributed by atoms with van der Waals surface area (Å²) in [5.74, 6) is 0.426. The highest BCUT2D eigenvalue weighted by Gasteiger charge is 2.29. The van der Waals surface area contributed by atoms with Crippen molar-refractivity contribution in [3.63, 3.8) is 0 Å². The van der Waals surface area contributed by atoms with Crippen LogP contribution in [0.4, 0.5) is 0 Å². The van der Waals surface area contributed by atoms with Crippen LogP contribution in [0.3, 0.4) is 0 Å². The van der Waals surface area contributed by atoms with E-state index in [4.69, 9.17) is 0 Å². The minimum absolute atomic E-state index is 0.134. The Morgan fingerprint density at radius 3 is 2.89 bits per heavy atom. The van der Waals surface area contributed by atoms with Gasteiger partial charge in [0, 0.05) is 37.1 Å². The van der Waals surface area contributed by atoms with Crippen molar-refractivity contribution in [3.05, 3.63) is 89.6 Å². The summed E-state index contributed by atoms with van der Waals surface area (Å²) < 4.78 is 0. The number of hydrogen-bond acceptors (Lipinski definition) is 4. The lowest BCUT2D eigenvalue weighted by atomic mass is 9.90. The number of rotatable bonds is 3. The third-order valence-electron chi connectivity index (χ3n) is 5.29. The summed E-state index contributed by atoms with van der Waals surface area (Å²) in [6, 6.07) is 17.9. The second kappa shape index (κ2) is 6.52. The van der Waals surface area contributed by atoms with Gasteiger partial charge in [-0.05, 0) is 29.3 Å². The van der Waals surface area contributed by atoms with Gasteiger partial charge in [0.2, 0.25) is 0 Å². The SMILES string of the molecule is Oc1cccc(C2CN(Cc3cccc4cccnc34)Cc3[nH]cnc32)c1. The van der Waals surface area contributed by atoms with E-state index in [1.165, 1.54) is 10.9 Å². The Morgan fingerprint density at radius 2 is 1.96 bits per heavy atom. The fourth-order valence-electron chi connectivity index (χ4n) is 4.05. The molecular weight excluding hydrogens is 336 g/mol. The van der Waals surface area contributed by atoms with Crippen molar-refractivity contribution in [1.29, 1.82) is 0 Å². The molecule has 1 atom stereocenters. The first-order valence-corrected chi connectivity index (χ1v) is 9.14.